The highest BCUT2D eigenvalue weighted by Crippen LogP contribution is 2.22. The molecule has 0 saturated carbocycles. The highest BCUT2D eigenvalue weighted by molar-refractivity contribution is 7.89. The van der Waals surface area contributed by atoms with Gasteiger partial charge in [-0.05, 0) is 58.3 Å². The lowest BCUT2D eigenvalue weighted by Crippen LogP contribution is -2.38. The summed E-state index contributed by atoms with van der Waals surface area (Å²) in [7, 11) is -3.04. The quantitative estimate of drug-likeness (QED) is 0.676. The number of hydrogen-bond donors (Lipinski definition) is 1. The van der Waals surface area contributed by atoms with Crippen molar-refractivity contribution in [2.75, 3.05) is 45.0 Å². The molecule has 6 heteroatoms. The fourth-order valence-electron chi connectivity index (χ4n) is 3.18. The summed E-state index contributed by atoms with van der Waals surface area (Å²) in [6.07, 6.45) is 5.36. The summed E-state index contributed by atoms with van der Waals surface area (Å²) in [6.45, 7) is 7.62. The van der Waals surface area contributed by atoms with Gasteiger partial charge in [-0.15, -0.1) is 0 Å². The Labute approximate surface area is 123 Å². The first-order valence-electron chi connectivity index (χ1n) is 8.06. The van der Waals surface area contributed by atoms with E-state index in [2.05, 4.69) is 17.1 Å². The molecular formula is C14H29N3O2S. The molecule has 1 atom stereocenters. The average Bonchev–Trinajstić information content (AvgIpc) is 3.09. The van der Waals surface area contributed by atoms with Crippen LogP contribution in [0.3, 0.4) is 0 Å². The molecule has 0 spiro atoms. The molecule has 2 rings (SSSR count). The van der Waals surface area contributed by atoms with E-state index < -0.39 is 10.0 Å². The molecule has 0 bridgehead atoms. The first-order chi connectivity index (χ1) is 9.63. The van der Waals surface area contributed by atoms with Crippen molar-refractivity contribution in [1.82, 2.24) is 14.5 Å². The smallest absolute Gasteiger partial charge is 0.214 e. The minimum Gasteiger partial charge on any atom is -0.317 e. The molecule has 0 amide bonds. The van der Waals surface area contributed by atoms with Crippen LogP contribution in [-0.4, -0.2) is 68.7 Å². The van der Waals surface area contributed by atoms with E-state index >= 15 is 0 Å². The van der Waals surface area contributed by atoms with Gasteiger partial charge in [-0.3, -0.25) is 4.90 Å². The summed E-state index contributed by atoms with van der Waals surface area (Å²) < 4.78 is 26.3. The van der Waals surface area contributed by atoms with Crippen molar-refractivity contribution < 1.29 is 8.42 Å². The van der Waals surface area contributed by atoms with Crippen LogP contribution in [0, 0.1) is 0 Å². The maximum atomic E-state index is 12.3. The molecule has 2 heterocycles. The third-order valence-corrected chi connectivity index (χ3v) is 6.28. The molecule has 0 aromatic carbocycles. The van der Waals surface area contributed by atoms with Crippen LogP contribution in [0.25, 0.3) is 0 Å². The van der Waals surface area contributed by atoms with Crippen LogP contribution in [0.15, 0.2) is 0 Å². The molecule has 0 aliphatic carbocycles. The van der Waals surface area contributed by atoms with Gasteiger partial charge in [-0.1, -0.05) is 6.92 Å². The first-order valence-corrected chi connectivity index (χ1v) is 9.67. The Morgan fingerprint density at radius 1 is 1.15 bits per heavy atom. The highest BCUT2D eigenvalue weighted by atomic mass is 32.2. The van der Waals surface area contributed by atoms with E-state index in [1.54, 1.807) is 4.31 Å². The SMILES string of the molecule is CCCNCCCS(=O)(=O)N1CCC(N2CCCC2)C1. The number of hydrogen-bond acceptors (Lipinski definition) is 4. The molecular weight excluding hydrogens is 274 g/mol. The molecule has 2 saturated heterocycles. The molecule has 2 aliphatic heterocycles. The molecule has 118 valence electrons. The summed E-state index contributed by atoms with van der Waals surface area (Å²) in [5.74, 6) is 0.288. The molecule has 2 aliphatic rings. The predicted molar refractivity (Wildman–Crippen MR) is 82.3 cm³/mol. The second kappa shape index (κ2) is 7.73. The minimum atomic E-state index is -3.04. The van der Waals surface area contributed by atoms with Gasteiger partial charge in [0.1, 0.15) is 0 Å². The summed E-state index contributed by atoms with van der Waals surface area (Å²) in [5, 5.41) is 3.26. The molecule has 1 N–H and O–H groups in total. The van der Waals surface area contributed by atoms with Crippen molar-refractivity contribution in [3.05, 3.63) is 0 Å². The fraction of sp³-hybridized carbons (Fsp3) is 1.00. The van der Waals surface area contributed by atoms with Gasteiger partial charge in [-0.2, -0.15) is 0 Å². The van der Waals surface area contributed by atoms with E-state index in [0.717, 1.165) is 39.0 Å². The zero-order valence-electron chi connectivity index (χ0n) is 12.7. The Morgan fingerprint density at radius 2 is 1.90 bits per heavy atom. The van der Waals surface area contributed by atoms with Crippen LogP contribution in [-0.2, 0) is 10.0 Å². The minimum absolute atomic E-state index is 0.288. The Kier molecular flexibility index (Phi) is 6.26. The highest BCUT2D eigenvalue weighted by Gasteiger charge is 2.34. The first kappa shape index (κ1) is 16.2. The Bertz CT molecular complexity index is 380. The van der Waals surface area contributed by atoms with Crippen LogP contribution in [0.1, 0.15) is 39.0 Å². The maximum Gasteiger partial charge on any atom is 0.214 e. The molecule has 5 nitrogen and oxygen atoms in total. The molecule has 1 unspecified atom stereocenters. The van der Waals surface area contributed by atoms with Crippen LogP contribution in [0.5, 0.6) is 0 Å². The topological polar surface area (TPSA) is 52.7 Å². The van der Waals surface area contributed by atoms with Gasteiger partial charge >= 0.3 is 0 Å². The zero-order valence-corrected chi connectivity index (χ0v) is 13.5. The number of nitrogens with one attached hydrogen (secondary N) is 1. The number of sulfonamides is 1. The van der Waals surface area contributed by atoms with E-state index in [0.29, 0.717) is 25.6 Å². The van der Waals surface area contributed by atoms with Crippen molar-refractivity contribution >= 4 is 10.0 Å². The standard InChI is InChI=1S/C14H29N3O2S/c1-2-7-15-8-5-12-20(18,19)17-11-6-14(13-17)16-9-3-4-10-16/h14-15H,2-13H2,1H3. The van der Waals surface area contributed by atoms with Gasteiger partial charge in [0, 0.05) is 19.1 Å². The lowest BCUT2D eigenvalue weighted by atomic mass is 10.2. The van der Waals surface area contributed by atoms with Gasteiger partial charge in [0.2, 0.25) is 10.0 Å². The lowest BCUT2D eigenvalue weighted by molar-refractivity contribution is 0.251. The number of nitrogens with zero attached hydrogens (tertiary/aromatic N) is 2. The predicted octanol–water partition coefficient (Wildman–Crippen LogP) is 0.876. The van der Waals surface area contributed by atoms with Crippen LogP contribution >= 0.6 is 0 Å². The summed E-state index contributed by atoms with van der Waals surface area (Å²) in [5.41, 5.74) is 0. The maximum absolute atomic E-state index is 12.3. The zero-order chi connectivity index (χ0) is 14.4. The normalized spacial score (nSPS) is 25.6. The van der Waals surface area contributed by atoms with Crippen molar-refractivity contribution in [2.24, 2.45) is 0 Å². The Hall–Kier alpha value is -0.170. The largest absolute Gasteiger partial charge is 0.317 e. The van der Waals surface area contributed by atoms with E-state index in [1.807, 2.05) is 0 Å². The molecule has 0 aromatic heterocycles. The van der Waals surface area contributed by atoms with Gasteiger partial charge in [0.15, 0.2) is 0 Å². The van der Waals surface area contributed by atoms with E-state index in [9.17, 15) is 8.42 Å². The van der Waals surface area contributed by atoms with Crippen LogP contribution in [0.2, 0.25) is 0 Å². The monoisotopic (exact) mass is 303 g/mol. The molecule has 0 aromatic rings. The van der Waals surface area contributed by atoms with Gasteiger partial charge in [0.25, 0.3) is 0 Å². The van der Waals surface area contributed by atoms with E-state index in [4.69, 9.17) is 0 Å². The summed E-state index contributed by atoms with van der Waals surface area (Å²) >= 11 is 0. The van der Waals surface area contributed by atoms with Crippen LogP contribution in [0.4, 0.5) is 0 Å². The van der Waals surface area contributed by atoms with E-state index in [-0.39, 0.29) is 5.75 Å². The molecule has 20 heavy (non-hydrogen) atoms. The van der Waals surface area contributed by atoms with Gasteiger partial charge in [-0.25, -0.2) is 12.7 Å². The van der Waals surface area contributed by atoms with Crippen LogP contribution < -0.4 is 5.32 Å². The Morgan fingerprint density at radius 3 is 2.60 bits per heavy atom. The third-order valence-electron chi connectivity index (χ3n) is 4.36. The Balaban J connectivity index is 1.73. The van der Waals surface area contributed by atoms with Crippen molar-refractivity contribution in [1.29, 1.82) is 0 Å². The molecule has 2 fully saturated rings. The van der Waals surface area contributed by atoms with Crippen molar-refractivity contribution in [3.63, 3.8) is 0 Å². The second-order valence-corrected chi connectivity index (χ2v) is 8.05. The third kappa shape index (κ3) is 4.41. The van der Waals surface area contributed by atoms with E-state index in [1.165, 1.54) is 12.8 Å². The number of likely N-dealkylation sites (tertiary alicyclic amines) is 1. The average molecular weight is 303 g/mol. The molecule has 0 radical (unpaired) electrons. The van der Waals surface area contributed by atoms with Gasteiger partial charge < -0.3 is 5.32 Å². The lowest BCUT2D eigenvalue weighted by Gasteiger charge is -2.23. The summed E-state index contributed by atoms with van der Waals surface area (Å²) in [4.78, 5) is 2.47. The van der Waals surface area contributed by atoms with Gasteiger partial charge in [0.05, 0.1) is 5.75 Å². The second-order valence-electron chi connectivity index (χ2n) is 5.96. The van der Waals surface area contributed by atoms with Crippen molar-refractivity contribution in [3.8, 4) is 0 Å². The fourth-order valence-corrected chi connectivity index (χ4v) is 4.73. The summed E-state index contributed by atoms with van der Waals surface area (Å²) in [6, 6.07) is 0.463. The van der Waals surface area contributed by atoms with Crippen molar-refractivity contribution in [2.45, 2.75) is 45.1 Å². The number of rotatable bonds is 8.